The highest BCUT2D eigenvalue weighted by atomic mass is 31.2. The summed E-state index contributed by atoms with van der Waals surface area (Å²) in [6.07, 6.45) is 35.3. The molecule has 0 amide bonds. The molecule has 0 aromatic carbocycles. The number of ether oxygens (including phenoxy) is 2. The molecule has 0 fully saturated rings. The molecule has 0 saturated heterocycles. The number of nitrogens with two attached hydrogens (primary N) is 1. The first-order valence-corrected chi connectivity index (χ1v) is 22.4. The van der Waals surface area contributed by atoms with Crippen molar-refractivity contribution < 1.29 is 42.7 Å². The van der Waals surface area contributed by atoms with Crippen LogP contribution in [0.4, 0.5) is 0 Å². The molecule has 0 aliphatic rings. The molecule has 0 aliphatic carbocycles. The summed E-state index contributed by atoms with van der Waals surface area (Å²) in [7, 11) is -4.39. The van der Waals surface area contributed by atoms with Gasteiger partial charge in [0.15, 0.2) is 6.10 Å². The lowest BCUT2D eigenvalue weighted by atomic mass is 10.0. The Labute approximate surface area is 317 Å². The number of rotatable bonds is 39. The molecule has 11 heteroatoms. The first-order chi connectivity index (χ1) is 25.2. The van der Waals surface area contributed by atoms with Gasteiger partial charge in [-0.1, -0.05) is 167 Å². The maximum Gasteiger partial charge on any atom is 0.472 e. The van der Waals surface area contributed by atoms with E-state index in [9.17, 15) is 24.2 Å². The van der Waals surface area contributed by atoms with Gasteiger partial charge in [-0.2, -0.15) is 0 Å². The zero-order valence-corrected chi connectivity index (χ0v) is 34.1. The highest BCUT2D eigenvalue weighted by Gasteiger charge is 2.26. The average molecular weight is 760 g/mol. The number of carbonyl (C=O) groups is 2. The number of hydrogen-bond donors (Lipinski definition) is 3. The molecule has 3 unspecified atom stereocenters. The Morgan fingerprint density at radius 1 is 0.654 bits per heavy atom. The summed E-state index contributed by atoms with van der Waals surface area (Å²) in [6, 6.07) is 0. The van der Waals surface area contributed by atoms with Crippen LogP contribution < -0.4 is 5.73 Å². The van der Waals surface area contributed by atoms with Crippen LogP contribution in [0.2, 0.25) is 0 Å². The van der Waals surface area contributed by atoms with E-state index in [-0.39, 0.29) is 38.7 Å². The highest BCUT2D eigenvalue weighted by molar-refractivity contribution is 7.47. The van der Waals surface area contributed by atoms with E-state index in [1.54, 1.807) is 0 Å². The standard InChI is InChI=1S/C41H78NO9P/c1-3-5-7-8-9-10-11-12-13-14-15-18-21-24-28-32-40(44)48-36-39(37-50-52(46,47)49-35-34-42)51-41(45)33-29-25-22-19-16-17-20-23-27-31-38(43)30-26-6-4-2/h20,23,27,31,38-39,43H,3-19,21-22,24-26,28-30,32-37,42H2,1-2H3,(H,46,47)/b23-20-,31-27+. The van der Waals surface area contributed by atoms with E-state index < -0.39 is 32.5 Å². The van der Waals surface area contributed by atoms with Crippen LogP contribution in [0, 0.1) is 0 Å². The summed E-state index contributed by atoms with van der Waals surface area (Å²) >= 11 is 0. The van der Waals surface area contributed by atoms with Crippen molar-refractivity contribution in [1.82, 2.24) is 0 Å². The van der Waals surface area contributed by atoms with Gasteiger partial charge in [0.05, 0.1) is 19.3 Å². The molecule has 0 aliphatic heterocycles. The number of phosphoric ester groups is 1. The smallest absolute Gasteiger partial charge is 0.462 e. The fraction of sp³-hybridized carbons (Fsp3) is 0.854. The monoisotopic (exact) mass is 760 g/mol. The van der Waals surface area contributed by atoms with Crippen LogP contribution in [0.3, 0.4) is 0 Å². The number of phosphoric acid groups is 1. The Morgan fingerprint density at radius 2 is 1.15 bits per heavy atom. The lowest BCUT2D eigenvalue weighted by molar-refractivity contribution is -0.161. The molecule has 0 radical (unpaired) electrons. The first kappa shape index (κ1) is 50.5. The second-order valence-corrected chi connectivity index (χ2v) is 15.5. The summed E-state index contributed by atoms with van der Waals surface area (Å²) in [5.74, 6) is -0.873. The third-order valence-electron chi connectivity index (χ3n) is 8.94. The molecule has 0 aromatic rings. The lowest BCUT2D eigenvalue weighted by Crippen LogP contribution is -2.29. The number of esters is 2. The van der Waals surface area contributed by atoms with Gasteiger partial charge in [-0.3, -0.25) is 18.6 Å². The zero-order chi connectivity index (χ0) is 38.4. The zero-order valence-electron chi connectivity index (χ0n) is 33.2. The average Bonchev–Trinajstić information content (AvgIpc) is 3.12. The fourth-order valence-electron chi connectivity index (χ4n) is 5.77. The maximum atomic E-state index is 12.5. The van der Waals surface area contributed by atoms with E-state index in [0.717, 1.165) is 77.0 Å². The highest BCUT2D eigenvalue weighted by Crippen LogP contribution is 2.43. The Balaban J connectivity index is 4.23. The molecular formula is C41H78NO9P. The van der Waals surface area contributed by atoms with Gasteiger partial charge in [-0.15, -0.1) is 0 Å². The van der Waals surface area contributed by atoms with Gasteiger partial charge in [0.25, 0.3) is 0 Å². The van der Waals surface area contributed by atoms with E-state index >= 15 is 0 Å². The third kappa shape index (κ3) is 36.8. The van der Waals surface area contributed by atoms with Gasteiger partial charge < -0.3 is 25.2 Å². The van der Waals surface area contributed by atoms with Crippen molar-refractivity contribution in [3.8, 4) is 0 Å². The summed E-state index contributed by atoms with van der Waals surface area (Å²) in [4.78, 5) is 34.8. The van der Waals surface area contributed by atoms with Crippen LogP contribution in [0.5, 0.6) is 0 Å². The maximum absolute atomic E-state index is 12.5. The summed E-state index contributed by atoms with van der Waals surface area (Å²) in [5, 5.41) is 9.91. The molecule has 0 rings (SSSR count). The van der Waals surface area contributed by atoms with E-state index in [4.69, 9.17) is 24.3 Å². The van der Waals surface area contributed by atoms with Crippen molar-refractivity contribution in [2.24, 2.45) is 5.73 Å². The van der Waals surface area contributed by atoms with Gasteiger partial charge in [0.2, 0.25) is 0 Å². The van der Waals surface area contributed by atoms with Crippen LogP contribution in [0.15, 0.2) is 24.3 Å². The molecule has 0 bridgehead atoms. The van der Waals surface area contributed by atoms with E-state index in [0.29, 0.717) is 6.42 Å². The second kappa shape index (κ2) is 37.8. The van der Waals surface area contributed by atoms with Crippen LogP contribution in [-0.4, -0.2) is 60.5 Å². The molecule has 0 aromatic heterocycles. The second-order valence-electron chi connectivity index (χ2n) is 14.1. The minimum Gasteiger partial charge on any atom is -0.462 e. The van der Waals surface area contributed by atoms with Crippen molar-refractivity contribution in [2.45, 2.75) is 199 Å². The van der Waals surface area contributed by atoms with Crippen molar-refractivity contribution >= 4 is 19.8 Å². The minimum atomic E-state index is -4.39. The largest absolute Gasteiger partial charge is 0.472 e. The molecule has 4 N–H and O–H groups in total. The summed E-state index contributed by atoms with van der Waals surface area (Å²) in [5.41, 5.74) is 5.34. The van der Waals surface area contributed by atoms with E-state index in [2.05, 4.69) is 19.9 Å². The minimum absolute atomic E-state index is 0.0432. The van der Waals surface area contributed by atoms with Crippen molar-refractivity contribution in [3.63, 3.8) is 0 Å². The predicted molar refractivity (Wildman–Crippen MR) is 212 cm³/mol. The van der Waals surface area contributed by atoms with Gasteiger partial charge in [0, 0.05) is 19.4 Å². The summed E-state index contributed by atoms with van der Waals surface area (Å²) in [6.45, 7) is 3.58. The normalized spacial score (nSPS) is 14.2. The SMILES string of the molecule is CCCCCCCCCCCCCCCCCC(=O)OCC(COP(=O)(O)OCCN)OC(=O)CCCCCCC/C=C\C=C\C(O)CCCCC. The van der Waals surface area contributed by atoms with Crippen molar-refractivity contribution in [3.05, 3.63) is 24.3 Å². The van der Waals surface area contributed by atoms with E-state index in [1.165, 1.54) is 77.0 Å². The van der Waals surface area contributed by atoms with E-state index in [1.807, 2.05) is 18.2 Å². The van der Waals surface area contributed by atoms with Crippen LogP contribution in [-0.2, 0) is 32.7 Å². The van der Waals surface area contributed by atoms with Gasteiger partial charge in [0.1, 0.15) is 6.61 Å². The molecule has 0 heterocycles. The number of unbranched alkanes of at least 4 members (excludes halogenated alkanes) is 21. The van der Waals surface area contributed by atoms with Crippen LogP contribution in [0.25, 0.3) is 0 Å². The molecule has 3 atom stereocenters. The number of aliphatic hydroxyl groups is 1. The Bertz CT molecular complexity index is 930. The molecule has 10 nitrogen and oxygen atoms in total. The van der Waals surface area contributed by atoms with Crippen LogP contribution in [0.1, 0.15) is 187 Å². The van der Waals surface area contributed by atoms with Gasteiger partial charge in [-0.05, 0) is 32.1 Å². The summed E-state index contributed by atoms with van der Waals surface area (Å²) < 4.78 is 32.7. The fourth-order valence-corrected chi connectivity index (χ4v) is 6.54. The molecule has 52 heavy (non-hydrogen) atoms. The topological polar surface area (TPSA) is 155 Å². The quantitative estimate of drug-likeness (QED) is 0.0239. The predicted octanol–water partition coefficient (Wildman–Crippen LogP) is 10.6. The Kier molecular flexibility index (Phi) is 36.6. The molecule has 0 saturated carbocycles. The molecular weight excluding hydrogens is 681 g/mol. The Hall–Kier alpha value is -1.55. The third-order valence-corrected chi connectivity index (χ3v) is 9.93. The number of carbonyl (C=O) groups excluding carboxylic acids is 2. The lowest BCUT2D eigenvalue weighted by Gasteiger charge is -2.19. The van der Waals surface area contributed by atoms with Crippen LogP contribution >= 0.6 is 7.82 Å². The Morgan fingerprint density at radius 3 is 1.71 bits per heavy atom. The number of hydrogen-bond acceptors (Lipinski definition) is 9. The van der Waals surface area contributed by atoms with Crippen molar-refractivity contribution in [2.75, 3.05) is 26.4 Å². The van der Waals surface area contributed by atoms with Gasteiger partial charge >= 0.3 is 19.8 Å². The number of aliphatic hydroxyl groups excluding tert-OH is 1. The molecule has 306 valence electrons. The van der Waals surface area contributed by atoms with Gasteiger partial charge in [-0.25, -0.2) is 4.57 Å². The number of allylic oxidation sites excluding steroid dienone is 3. The van der Waals surface area contributed by atoms with Crippen molar-refractivity contribution in [1.29, 1.82) is 0 Å². The molecule has 0 spiro atoms. The first-order valence-electron chi connectivity index (χ1n) is 20.9.